The highest BCUT2D eigenvalue weighted by Gasteiger charge is 2.28. The zero-order valence-corrected chi connectivity index (χ0v) is 16.5. The fourth-order valence-corrected chi connectivity index (χ4v) is 4.02. The summed E-state index contributed by atoms with van der Waals surface area (Å²) >= 11 is 0. The molecule has 0 radical (unpaired) electrons. The van der Waals surface area contributed by atoms with E-state index in [0.29, 0.717) is 12.0 Å². The summed E-state index contributed by atoms with van der Waals surface area (Å²) in [5.74, 6) is 1.59. The number of rotatable bonds is 5. The first-order valence-corrected chi connectivity index (χ1v) is 9.91. The van der Waals surface area contributed by atoms with Crippen LogP contribution in [-0.4, -0.2) is 79.6 Å². The number of aryl methyl sites for hydroxylation is 1. The first-order chi connectivity index (χ1) is 12.5. The van der Waals surface area contributed by atoms with Crippen molar-refractivity contribution in [1.29, 1.82) is 0 Å². The van der Waals surface area contributed by atoms with Crippen LogP contribution in [0.4, 0.5) is 0 Å². The number of benzene rings is 1. The Hall–Kier alpha value is -1.59. The lowest BCUT2D eigenvalue weighted by Gasteiger charge is -2.41. The molecule has 0 aliphatic carbocycles. The van der Waals surface area contributed by atoms with Crippen LogP contribution >= 0.6 is 0 Å². The first kappa shape index (κ1) is 19.2. The number of nitrogens with zero attached hydrogens (tertiary/aromatic N) is 3. The number of ether oxygens (including phenoxy) is 1. The Kier molecular flexibility index (Phi) is 6.54. The predicted octanol–water partition coefficient (Wildman–Crippen LogP) is 2.25. The lowest BCUT2D eigenvalue weighted by atomic mass is 9.95. The van der Waals surface area contributed by atoms with Gasteiger partial charge in [0.15, 0.2) is 6.61 Å². The summed E-state index contributed by atoms with van der Waals surface area (Å²) in [7, 11) is 2.20. The Morgan fingerprint density at radius 2 is 1.81 bits per heavy atom. The summed E-state index contributed by atoms with van der Waals surface area (Å²) in [5, 5.41) is 0. The summed E-state index contributed by atoms with van der Waals surface area (Å²) in [5.41, 5.74) is 1.19. The number of likely N-dealkylation sites (N-methyl/N-ethyl adjacent to an activating group) is 1. The third-order valence-electron chi connectivity index (χ3n) is 5.81. The van der Waals surface area contributed by atoms with Crippen molar-refractivity contribution in [2.24, 2.45) is 5.92 Å². The number of carbonyl (C=O) groups excluding carboxylic acids is 1. The van der Waals surface area contributed by atoms with Gasteiger partial charge in [0.2, 0.25) is 0 Å². The first-order valence-electron chi connectivity index (χ1n) is 9.91. The maximum Gasteiger partial charge on any atom is 0.260 e. The number of hydrogen-bond acceptors (Lipinski definition) is 4. The van der Waals surface area contributed by atoms with Gasteiger partial charge >= 0.3 is 0 Å². The van der Waals surface area contributed by atoms with Crippen LogP contribution in [0.1, 0.15) is 25.3 Å². The molecule has 0 saturated carbocycles. The molecular weight excluding hydrogens is 326 g/mol. The molecule has 2 heterocycles. The largest absolute Gasteiger partial charge is 0.484 e. The van der Waals surface area contributed by atoms with Gasteiger partial charge in [0.05, 0.1) is 0 Å². The number of hydrogen-bond donors (Lipinski definition) is 0. The van der Waals surface area contributed by atoms with Crippen molar-refractivity contribution in [3.63, 3.8) is 0 Å². The third-order valence-corrected chi connectivity index (χ3v) is 5.81. The van der Waals surface area contributed by atoms with Gasteiger partial charge in [-0.3, -0.25) is 9.69 Å². The minimum absolute atomic E-state index is 0.108. The molecule has 26 heavy (non-hydrogen) atoms. The Bertz CT molecular complexity index is 581. The Morgan fingerprint density at radius 3 is 2.46 bits per heavy atom. The molecular formula is C21H33N3O2. The topological polar surface area (TPSA) is 36.0 Å². The van der Waals surface area contributed by atoms with Crippen molar-refractivity contribution in [3.05, 3.63) is 29.8 Å². The molecule has 1 atom stereocenters. The van der Waals surface area contributed by atoms with E-state index < -0.39 is 0 Å². The van der Waals surface area contributed by atoms with Crippen LogP contribution in [-0.2, 0) is 4.79 Å². The molecule has 1 aromatic rings. The molecule has 1 aromatic carbocycles. The van der Waals surface area contributed by atoms with E-state index in [-0.39, 0.29) is 12.5 Å². The lowest BCUT2D eigenvalue weighted by molar-refractivity contribution is -0.134. The highest BCUT2D eigenvalue weighted by Crippen LogP contribution is 2.21. The zero-order valence-electron chi connectivity index (χ0n) is 16.5. The summed E-state index contributed by atoms with van der Waals surface area (Å²) in [4.78, 5) is 19.4. The summed E-state index contributed by atoms with van der Waals surface area (Å²) in [6, 6.07) is 8.49. The van der Waals surface area contributed by atoms with Gasteiger partial charge in [0.1, 0.15) is 5.75 Å². The fourth-order valence-electron chi connectivity index (χ4n) is 4.02. The van der Waals surface area contributed by atoms with E-state index in [4.69, 9.17) is 4.74 Å². The number of amides is 1. The van der Waals surface area contributed by atoms with Crippen LogP contribution in [0.5, 0.6) is 5.75 Å². The van der Waals surface area contributed by atoms with E-state index in [0.717, 1.165) is 44.8 Å². The van der Waals surface area contributed by atoms with E-state index in [2.05, 4.69) is 23.8 Å². The second-order valence-electron chi connectivity index (χ2n) is 8.03. The predicted molar refractivity (Wildman–Crippen MR) is 105 cm³/mol. The quantitative estimate of drug-likeness (QED) is 0.808. The van der Waals surface area contributed by atoms with Gasteiger partial charge in [-0.05, 0) is 51.8 Å². The molecule has 0 unspecified atom stereocenters. The van der Waals surface area contributed by atoms with Gasteiger partial charge < -0.3 is 14.5 Å². The number of likely N-dealkylation sites (tertiary alicyclic amines) is 1. The lowest BCUT2D eigenvalue weighted by Crippen LogP contribution is -2.52. The van der Waals surface area contributed by atoms with E-state index in [1.807, 2.05) is 36.1 Å². The molecule has 0 N–H and O–H groups in total. The van der Waals surface area contributed by atoms with Gasteiger partial charge in [-0.2, -0.15) is 0 Å². The zero-order chi connectivity index (χ0) is 18.5. The molecule has 2 fully saturated rings. The second-order valence-corrected chi connectivity index (χ2v) is 8.03. The minimum atomic E-state index is 0.108. The molecule has 5 heteroatoms. The summed E-state index contributed by atoms with van der Waals surface area (Å²) in [6.45, 7) is 10.9. The molecule has 0 spiro atoms. The van der Waals surface area contributed by atoms with Crippen molar-refractivity contribution < 1.29 is 9.53 Å². The van der Waals surface area contributed by atoms with Crippen molar-refractivity contribution in [2.75, 3.05) is 52.9 Å². The molecule has 144 valence electrons. The van der Waals surface area contributed by atoms with Crippen LogP contribution in [0.15, 0.2) is 24.3 Å². The van der Waals surface area contributed by atoms with E-state index in [9.17, 15) is 4.79 Å². The number of piperidine rings is 1. The summed E-state index contributed by atoms with van der Waals surface area (Å²) < 4.78 is 5.64. The SMILES string of the molecule is Cc1ccc(OCC(=O)N2CCC(CN3CCN(C)C[C@H]3C)CC2)cc1. The molecule has 2 aliphatic rings. The number of carbonyl (C=O) groups is 1. The van der Waals surface area contributed by atoms with Crippen LogP contribution in [0.25, 0.3) is 0 Å². The average molecular weight is 360 g/mol. The molecule has 0 bridgehead atoms. The van der Waals surface area contributed by atoms with Crippen LogP contribution in [0, 0.1) is 12.8 Å². The van der Waals surface area contributed by atoms with E-state index in [1.165, 1.54) is 18.7 Å². The smallest absolute Gasteiger partial charge is 0.260 e. The Morgan fingerprint density at radius 1 is 1.12 bits per heavy atom. The monoisotopic (exact) mass is 359 g/mol. The molecule has 5 nitrogen and oxygen atoms in total. The third kappa shape index (κ3) is 5.21. The van der Waals surface area contributed by atoms with Crippen molar-refractivity contribution in [2.45, 2.75) is 32.7 Å². The highest BCUT2D eigenvalue weighted by atomic mass is 16.5. The van der Waals surface area contributed by atoms with Crippen LogP contribution < -0.4 is 4.74 Å². The Labute approximate surface area is 157 Å². The molecule has 0 aromatic heterocycles. The molecule has 2 saturated heterocycles. The molecule has 2 aliphatic heterocycles. The van der Waals surface area contributed by atoms with E-state index in [1.54, 1.807) is 0 Å². The molecule has 1 amide bonds. The highest BCUT2D eigenvalue weighted by molar-refractivity contribution is 5.77. The van der Waals surface area contributed by atoms with Gasteiger partial charge in [-0.25, -0.2) is 0 Å². The van der Waals surface area contributed by atoms with Crippen molar-refractivity contribution in [1.82, 2.24) is 14.7 Å². The van der Waals surface area contributed by atoms with Crippen molar-refractivity contribution >= 4 is 5.91 Å². The van der Waals surface area contributed by atoms with Gasteiger partial charge in [0.25, 0.3) is 5.91 Å². The van der Waals surface area contributed by atoms with E-state index >= 15 is 0 Å². The standard InChI is InChI=1S/C21H33N3O2/c1-17-4-6-20(7-5-17)26-16-21(25)23-10-8-19(9-11-23)15-24-13-12-22(3)14-18(24)2/h4-7,18-19H,8-16H2,1-3H3/t18-/m1/s1. The van der Waals surface area contributed by atoms with Gasteiger partial charge in [0, 0.05) is 45.3 Å². The normalized spacial score (nSPS) is 23.2. The van der Waals surface area contributed by atoms with Gasteiger partial charge in [-0.1, -0.05) is 17.7 Å². The Balaban J connectivity index is 1.39. The number of piperazine rings is 1. The van der Waals surface area contributed by atoms with Crippen LogP contribution in [0.2, 0.25) is 0 Å². The average Bonchev–Trinajstić information content (AvgIpc) is 2.64. The summed E-state index contributed by atoms with van der Waals surface area (Å²) in [6.07, 6.45) is 2.21. The maximum atomic E-state index is 12.4. The molecule has 3 rings (SSSR count). The second kappa shape index (κ2) is 8.87. The van der Waals surface area contributed by atoms with Crippen molar-refractivity contribution in [3.8, 4) is 5.75 Å². The fraction of sp³-hybridized carbons (Fsp3) is 0.667. The van der Waals surface area contributed by atoms with Gasteiger partial charge in [-0.15, -0.1) is 0 Å². The maximum absolute atomic E-state index is 12.4. The minimum Gasteiger partial charge on any atom is -0.484 e. The van der Waals surface area contributed by atoms with Crippen LogP contribution in [0.3, 0.4) is 0 Å².